The SMILES string of the molecule is CC(=O)Nc1ccc(NC(=O)CSc2cc(C)c3ccc(C)c(C)c3n2)cc1. The Morgan fingerprint density at radius 3 is 2.21 bits per heavy atom. The van der Waals surface area contributed by atoms with Gasteiger partial charge in [-0.15, -0.1) is 0 Å². The summed E-state index contributed by atoms with van der Waals surface area (Å²) in [6.45, 7) is 7.68. The lowest BCUT2D eigenvalue weighted by Gasteiger charge is -2.10. The Hall–Kier alpha value is -2.86. The maximum atomic E-state index is 12.3. The largest absolute Gasteiger partial charge is 0.326 e. The smallest absolute Gasteiger partial charge is 0.234 e. The zero-order valence-corrected chi connectivity index (χ0v) is 17.2. The van der Waals surface area contributed by atoms with Crippen LogP contribution in [-0.2, 0) is 9.59 Å². The lowest BCUT2D eigenvalue weighted by atomic mass is 10.0. The number of hydrogen-bond acceptors (Lipinski definition) is 4. The molecule has 0 radical (unpaired) electrons. The maximum absolute atomic E-state index is 12.3. The third kappa shape index (κ3) is 4.70. The molecule has 3 aromatic rings. The van der Waals surface area contributed by atoms with Gasteiger partial charge in [0.1, 0.15) is 0 Å². The fraction of sp³-hybridized carbons (Fsp3) is 0.227. The van der Waals surface area contributed by atoms with Gasteiger partial charge in [0.15, 0.2) is 0 Å². The topological polar surface area (TPSA) is 71.1 Å². The molecule has 5 nitrogen and oxygen atoms in total. The number of aromatic nitrogens is 1. The number of nitrogens with zero attached hydrogens (tertiary/aromatic N) is 1. The van der Waals surface area contributed by atoms with Crippen molar-refractivity contribution in [3.8, 4) is 0 Å². The molecule has 0 atom stereocenters. The molecule has 2 amide bonds. The molecule has 0 aliphatic heterocycles. The molecule has 2 aromatic carbocycles. The Balaban J connectivity index is 1.66. The average molecular weight is 394 g/mol. The van der Waals surface area contributed by atoms with Crippen LogP contribution in [0.2, 0.25) is 0 Å². The first-order chi connectivity index (χ1) is 13.3. The van der Waals surface area contributed by atoms with E-state index < -0.39 is 0 Å². The van der Waals surface area contributed by atoms with Crippen LogP contribution in [0.3, 0.4) is 0 Å². The highest BCUT2D eigenvalue weighted by Gasteiger charge is 2.10. The Labute approximate surface area is 168 Å². The van der Waals surface area contributed by atoms with Crippen molar-refractivity contribution in [2.45, 2.75) is 32.7 Å². The molecule has 0 unspecified atom stereocenters. The monoisotopic (exact) mass is 393 g/mol. The van der Waals surface area contributed by atoms with Crippen LogP contribution in [0, 0.1) is 20.8 Å². The predicted octanol–water partition coefficient (Wildman–Crippen LogP) is 4.85. The Morgan fingerprint density at radius 2 is 1.57 bits per heavy atom. The minimum atomic E-state index is -0.128. The number of amides is 2. The van der Waals surface area contributed by atoms with Crippen LogP contribution >= 0.6 is 11.8 Å². The van der Waals surface area contributed by atoms with Crippen molar-refractivity contribution in [2.75, 3.05) is 16.4 Å². The number of thioether (sulfide) groups is 1. The number of aryl methyl sites for hydroxylation is 3. The van der Waals surface area contributed by atoms with Gasteiger partial charge in [-0.2, -0.15) is 0 Å². The molecule has 0 spiro atoms. The minimum absolute atomic E-state index is 0.0993. The van der Waals surface area contributed by atoms with E-state index in [0.717, 1.165) is 21.5 Å². The molecule has 144 valence electrons. The van der Waals surface area contributed by atoms with E-state index in [4.69, 9.17) is 4.98 Å². The third-order valence-corrected chi connectivity index (χ3v) is 5.44. The van der Waals surface area contributed by atoms with E-state index in [2.05, 4.69) is 43.5 Å². The fourth-order valence-corrected chi connectivity index (χ4v) is 3.69. The van der Waals surface area contributed by atoms with E-state index in [0.29, 0.717) is 11.4 Å². The molecule has 28 heavy (non-hydrogen) atoms. The standard InChI is InChI=1S/C22H23N3O2S/c1-13-5-10-19-14(2)11-21(25-22(19)15(13)3)28-12-20(27)24-18-8-6-17(7-9-18)23-16(4)26/h5-11H,12H2,1-4H3,(H,23,26)(H,24,27). The number of nitrogens with one attached hydrogen (secondary N) is 2. The number of benzene rings is 2. The van der Waals surface area contributed by atoms with Crippen molar-refractivity contribution in [1.82, 2.24) is 4.98 Å². The van der Waals surface area contributed by atoms with Gasteiger partial charge in [-0.1, -0.05) is 23.9 Å². The van der Waals surface area contributed by atoms with Gasteiger partial charge < -0.3 is 10.6 Å². The molecule has 0 aliphatic carbocycles. The van der Waals surface area contributed by atoms with E-state index in [1.165, 1.54) is 29.8 Å². The molecule has 1 heterocycles. The summed E-state index contributed by atoms with van der Waals surface area (Å²) in [5, 5.41) is 7.55. The van der Waals surface area contributed by atoms with Crippen molar-refractivity contribution in [2.24, 2.45) is 0 Å². The maximum Gasteiger partial charge on any atom is 0.234 e. The molecular weight excluding hydrogens is 370 g/mol. The predicted molar refractivity (Wildman–Crippen MR) is 116 cm³/mol. The van der Waals surface area contributed by atoms with Gasteiger partial charge in [0, 0.05) is 23.7 Å². The molecule has 0 aliphatic rings. The molecule has 0 bridgehead atoms. The van der Waals surface area contributed by atoms with Crippen LogP contribution in [0.5, 0.6) is 0 Å². The van der Waals surface area contributed by atoms with E-state index in [-0.39, 0.29) is 17.6 Å². The lowest BCUT2D eigenvalue weighted by molar-refractivity contribution is -0.114. The van der Waals surface area contributed by atoms with Crippen LogP contribution in [-0.4, -0.2) is 22.6 Å². The highest BCUT2D eigenvalue weighted by Crippen LogP contribution is 2.27. The second-order valence-corrected chi connectivity index (χ2v) is 7.77. The Morgan fingerprint density at radius 1 is 0.929 bits per heavy atom. The van der Waals surface area contributed by atoms with Crippen LogP contribution in [0.15, 0.2) is 47.5 Å². The first kappa shape index (κ1) is 19.9. The van der Waals surface area contributed by atoms with Crippen LogP contribution < -0.4 is 10.6 Å². The second kappa shape index (κ2) is 8.44. The molecule has 0 saturated heterocycles. The van der Waals surface area contributed by atoms with Crippen molar-refractivity contribution < 1.29 is 9.59 Å². The summed E-state index contributed by atoms with van der Waals surface area (Å²) in [5.74, 6) is 0.0468. The summed E-state index contributed by atoms with van der Waals surface area (Å²) in [5.41, 5.74) is 5.92. The summed E-state index contributed by atoms with van der Waals surface area (Å²) in [6, 6.07) is 13.3. The number of carbonyl (C=O) groups is 2. The van der Waals surface area contributed by atoms with Crippen LogP contribution in [0.25, 0.3) is 10.9 Å². The van der Waals surface area contributed by atoms with Gasteiger partial charge in [0.2, 0.25) is 11.8 Å². The van der Waals surface area contributed by atoms with Crippen molar-refractivity contribution in [3.63, 3.8) is 0 Å². The van der Waals surface area contributed by atoms with Crippen molar-refractivity contribution in [3.05, 3.63) is 59.2 Å². The fourth-order valence-electron chi connectivity index (χ4n) is 2.92. The minimum Gasteiger partial charge on any atom is -0.326 e. The number of pyridine rings is 1. The summed E-state index contributed by atoms with van der Waals surface area (Å²) in [4.78, 5) is 28.1. The summed E-state index contributed by atoms with van der Waals surface area (Å²) < 4.78 is 0. The highest BCUT2D eigenvalue weighted by atomic mass is 32.2. The van der Waals surface area contributed by atoms with Crippen molar-refractivity contribution in [1.29, 1.82) is 0 Å². The van der Waals surface area contributed by atoms with Crippen LogP contribution in [0.4, 0.5) is 11.4 Å². The first-order valence-electron chi connectivity index (χ1n) is 9.01. The number of fused-ring (bicyclic) bond motifs is 1. The summed E-state index contributed by atoms with van der Waals surface area (Å²) in [6.07, 6.45) is 0. The van der Waals surface area contributed by atoms with Gasteiger partial charge in [0.05, 0.1) is 16.3 Å². The molecule has 0 saturated carbocycles. The number of hydrogen-bond donors (Lipinski definition) is 2. The van der Waals surface area contributed by atoms with Gasteiger partial charge in [-0.25, -0.2) is 4.98 Å². The van der Waals surface area contributed by atoms with E-state index in [9.17, 15) is 9.59 Å². The second-order valence-electron chi connectivity index (χ2n) is 6.78. The molecule has 3 rings (SSSR count). The summed E-state index contributed by atoms with van der Waals surface area (Å²) >= 11 is 1.42. The van der Waals surface area contributed by atoms with Gasteiger partial charge in [-0.3, -0.25) is 9.59 Å². The highest BCUT2D eigenvalue weighted by molar-refractivity contribution is 7.99. The zero-order chi connectivity index (χ0) is 20.3. The molecule has 2 N–H and O–H groups in total. The Bertz CT molecular complexity index is 1050. The normalized spacial score (nSPS) is 10.7. The number of anilines is 2. The summed E-state index contributed by atoms with van der Waals surface area (Å²) in [7, 11) is 0. The average Bonchev–Trinajstić information content (AvgIpc) is 2.64. The first-order valence-corrected chi connectivity index (χ1v) is 10.00. The van der Waals surface area contributed by atoms with Gasteiger partial charge >= 0.3 is 0 Å². The molecule has 1 aromatic heterocycles. The van der Waals surface area contributed by atoms with E-state index in [1.54, 1.807) is 24.3 Å². The van der Waals surface area contributed by atoms with Crippen molar-refractivity contribution >= 4 is 45.9 Å². The van der Waals surface area contributed by atoms with E-state index >= 15 is 0 Å². The molecule has 6 heteroatoms. The van der Waals surface area contributed by atoms with Gasteiger partial charge in [0.25, 0.3) is 0 Å². The Kier molecular flexibility index (Phi) is 5.99. The molecule has 0 fully saturated rings. The van der Waals surface area contributed by atoms with Crippen LogP contribution in [0.1, 0.15) is 23.6 Å². The lowest BCUT2D eigenvalue weighted by Crippen LogP contribution is -2.14. The number of carbonyl (C=O) groups excluding carboxylic acids is 2. The zero-order valence-electron chi connectivity index (χ0n) is 16.4. The van der Waals surface area contributed by atoms with Gasteiger partial charge in [-0.05, 0) is 67.8 Å². The quantitative estimate of drug-likeness (QED) is 0.608. The number of rotatable bonds is 5. The van der Waals surface area contributed by atoms with E-state index in [1.807, 2.05) is 6.07 Å². The third-order valence-electron chi connectivity index (χ3n) is 4.53. The molecular formula is C22H23N3O2S.